The second-order valence-electron chi connectivity index (χ2n) is 7.84. The Labute approximate surface area is 203 Å². The summed E-state index contributed by atoms with van der Waals surface area (Å²) in [6.07, 6.45) is 1.38. The first-order valence-electron chi connectivity index (χ1n) is 10.7. The predicted octanol–water partition coefficient (Wildman–Crippen LogP) is 4.28. The summed E-state index contributed by atoms with van der Waals surface area (Å²) >= 11 is 0. The number of carbonyl (C=O) groups is 2. The number of anilines is 1. The van der Waals surface area contributed by atoms with Gasteiger partial charge in [0.2, 0.25) is 0 Å². The first-order valence-corrected chi connectivity index (χ1v) is 12.2. The fourth-order valence-electron chi connectivity index (χ4n) is 3.76. The molecule has 0 saturated heterocycles. The van der Waals surface area contributed by atoms with Crippen molar-refractivity contribution in [3.05, 3.63) is 90.1 Å². The number of para-hydroxylation sites is 1. The second-order valence-corrected chi connectivity index (χ2v) is 9.70. The van der Waals surface area contributed by atoms with Gasteiger partial charge in [0.15, 0.2) is 0 Å². The van der Waals surface area contributed by atoms with E-state index in [4.69, 9.17) is 9.47 Å². The van der Waals surface area contributed by atoms with Gasteiger partial charge in [-0.05, 0) is 49.4 Å². The quantitative estimate of drug-likeness (QED) is 0.358. The molecule has 0 aliphatic rings. The average molecular weight is 493 g/mol. The zero-order valence-corrected chi connectivity index (χ0v) is 20.3. The van der Waals surface area contributed by atoms with Crippen molar-refractivity contribution in [2.24, 2.45) is 0 Å². The van der Waals surface area contributed by atoms with Crippen LogP contribution in [0.2, 0.25) is 0 Å². The molecular formula is C26H24N2O6S. The van der Waals surface area contributed by atoms with Crippen molar-refractivity contribution in [2.75, 3.05) is 25.1 Å². The van der Waals surface area contributed by atoms with E-state index in [0.29, 0.717) is 22.3 Å². The van der Waals surface area contributed by atoms with E-state index in [0.717, 1.165) is 9.87 Å². The number of rotatable bonds is 7. The minimum absolute atomic E-state index is 0.0132. The van der Waals surface area contributed by atoms with Crippen LogP contribution in [0.1, 0.15) is 20.7 Å². The van der Waals surface area contributed by atoms with E-state index in [1.54, 1.807) is 60.7 Å². The largest absolute Gasteiger partial charge is 0.497 e. The molecule has 9 heteroatoms. The third kappa shape index (κ3) is 4.63. The van der Waals surface area contributed by atoms with Crippen LogP contribution in [0, 0.1) is 6.92 Å². The summed E-state index contributed by atoms with van der Waals surface area (Å²) in [6, 6.07) is 19.7. The zero-order valence-electron chi connectivity index (χ0n) is 19.5. The molecule has 1 aromatic heterocycles. The van der Waals surface area contributed by atoms with E-state index < -0.39 is 28.4 Å². The third-order valence-electron chi connectivity index (χ3n) is 5.63. The van der Waals surface area contributed by atoms with Crippen molar-refractivity contribution in [2.45, 2.75) is 11.8 Å². The molecule has 0 aliphatic carbocycles. The molecule has 0 spiro atoms. The SMILES string of the molecule is COC(=O)c1cn(C(=O)CN(c2ccc(C)cc2)S(=O)(=O)c2ccc(OC)cc2)c2ccccc12. The molecule has 1 heterocycles. The van der Waals surface area contributed by atoms with Crippen LogP contribution in [0.5, 0.6) is 5.75 Å². The van der Waals surface area contributed by atoms with Gasteiger partial charge in [0.05, 0.1) is 35.9 Å². The number of hydrogen-bond donors (Lipinski definition) is 0. The van der Waals surface area contributed by atoms with E-state index >= 15 is 0 Å². The minimum atomic E-state index is -4.11. The van der Waals surface area contributed by atoms with Gasteiger partial charge in [-0.25, -0.2) is 13.2 Å². The van der Waals surface area contributed by atoms with Gasteiger partial charge >= 0.3 is 5.97 Å². The van der Waals surface area contributed by atoms with Crippen molar-refractivity contribution >= 4 is 38.5 Å². The first kappa shape index (κ1) is 24.0. The molecule has 4 rings (SSSR count). The summed E-state index contributed by atoms with van der Waals surface area (Å²) in [6.45, 7) is 1.40. The van der Waals surface area contributed by atoms with Crippen LogP contribution in [0.25, 0.3) is 10.9 Å². The van der Waals surface area contributed by atoms with E-state index in [9.17, 15) is 18.0 Å². The van der Waals surface area contributed by atoms with Crippen LogP contribution < -0.4 is 9.04 Å². The zero-order chi connectivity index (χ0) is 25.2. The van der Waals surface area contributed by atoms with Gasteiger partial charge in [-0.15, -0.1) is 0 Å². The Bertz CT molecular complexity index is 1490. The maximum atomic E-state index is 13.7. The minimum Gasteiger partial charge on any atom is -0.497 e. The average Bonchev–Trinajstić information content (AvgIpc) is 3.27. The monoisotopic (exact) mass is 492 g/mol. The maximum absolute atomic E-state index is 13.7. The van der Waals surface area contributed by atoms with Gasteiger partial charge in [-0.2, -0.15) is 0 Å². The molecule has 0 radical (unpaired) electrons. The molecule has 0 bridgehead atoms. The highest BCUT2D eigenvalue weighted by molar-refractivity contribution is 7.92. The molecule has 35 heavy (non-hydrogen) atoms. The molecule has 0 atom stereocenters. The number of sulfonamides is 1. The van der Waals surface area contributed by atoms with Gasteiger partial charge in [-0.3, -0.25) is 13.7 Å². The molecule has 8 nitrogen and oxygen atoms in total. The number of ether oxygens (including phenoxy) is 2. The van der Waals surface area contributed by atoms with Crippen molar-refractivity contribution < 1.29 is 27.5 Å². The third-order valence-corrected chi connectivity index (χ3v) is 7.42. The van der Waals surface area contributed by atoms with Crippen LogP contribution in [0.3, 0.4) is 0 Å². The summed E-state index contributed by atoms with van der Waals surface area (Å²) in [4.78, 5) is 25.8. The molecule has 0 aliphatic heterocycles. The van der Waals surface area contributed by atoms with Gasteiger partial charge in [0, 0.05) is 11.6 Å². The smallest absolute Gasteiger partial charge is 0.340 e. The number of fused-ring (bicyclic) bond motifs is 1. The lowest BCUT2D eigenvalue weighted by Crippen LogP contribution is -2.37. The maximum Gasteiger partial charge on any atom is 0.340 e. The number of carbonyl (C=O) groups excluding carboxylic acids is 2. The van der Waals surface area contributed by atoms with Crippen LogP contribution in [0.4, 0.5) is 5.69 Å². The number of methoxy groups -OCH3 is 2. The molecule has 0 unspecified atom stereocenters. The number of esters is 1. The summed E-state index contributed by atoms with van der Waals surface area (Å²) in [5.41, 5.74) is 1.98. The molecule has 0 N–H and O–H groups in total. The molecule has 0 saturated carbocycles. The molecular weight excluding hydrogens is 468 g/mol. The lowest BCUT2D eigenvalue weighted by molar-refractivity contribution is 0.0603. The van der Waals surface area contributed by atoms with Gasteiger partial charge < -0.3 is 9.47 Å². The Morgan fingerprint density at radius 3 is 2.20 bits per heavy atom. The highest BCUT2D eigenvalue weighted by Gasteiger charge is 2.29. The van der Waals surface area contributed by atoms with E-state index in [-0.39, 0.29) is 10.5 Å². The van der Waals surface area contributed by atoms with Gasteiger partial charge in [-0.1, -0.05) is 35.9 Å². The topological polar surface area (TPSA) is 94.9 Å². The van der Waals surface area contributed by atoms with Crippen LogP contribution in [-0.4, -0.2) is 45.6 Å². The van der Waals surface area contributed by atoms with Crippen molar-refractivity contribution in [3.63, 3.8) is 0 Å². The Morgan fingerprint density at radius 1 is 0.914 bits per heavy atom. The number of aromatic nitrogens is 1. The number of hydrogen-bond acceptors (Lipinski definition) is 6. The standard InChI is InChI=1S/C26H24N2O6S/c1-18-8-10-19(11-9-18)28(35(31,32)21-14-12-20(33-2)13-15-21)17-25(29)27-16-23(26(30)34-3)22-6-4-5-7-24(22)27/h4-16H,17H2,1-3H3. The summed E-state index contributed by atoms with van der Waals surface area (Å²) < 4.78 is 39.6. The van der Waals surface area contributed by atoms with E-state index in [1.807, 2.05) is 6.92 Å². The van der Waals surface area contributed by atoms with Crippen molar-refractivity contribution in [1.82, 2.24) is 4.57 Å². The van der Waals surface area contributed by atoms with Gasteiger partial charge in [0.1, 0.15) is 12.3 Å². The highest BCUT2D eigenvalue weighted by Crippen LogP contribution is 2.27. The Morgan fingerprint density at radius 2 is 1.57 bits per heavy atom. The Balaban J connectivity index is 1.79. The highest BCUT2D eigenvalue weighted by atomic mass is 32.2. The predicted molar refractivity (Wildman–Crippen MR) is 133 cm³/mol. The first-order chi connectivity index (χ1) is 16.8. The second kappa shape index (κ2) is 9.63. The lowest BCUT2D eigenvalue weighted by Gasteiger charge is -2.24. The Kier molecular flexibility index (Phi) is 6.61. The number of nitrogens with zero attached hydrogens (tertiary/aromatic N) is 2. The molecule has 3 aromatic carbocycles. The number of aryl methyl sites for hydroxylation is 1. The lowest BCUT2D eigenvalue weighted by atomic mass is 10.2. The molecule has 0 amide bonds. The fourth-order valence-corrected chi connectivity index (χ4v) is 5.17. The normalized spacial score (nSPS) is 11.3. The van der Waals surface area contributed by atoms with E-state index in [1.165, 1.54) is 37.1 Å². The summed E-state index contributed by atoms with van der Waals surface area (Å²) in [7, 11) is -1.36. The van der Waals surface area contributed by atoms with Crippen molar-refractivity contribution in [1.29, 1.82) is 0 Å². The van der Waals surface area contributed by atoms with Crippen molar-refractivity contribution in [3.8, 4) is 5.75 Å². The van der Waals surface area contributed by atoms with Crippen LogP contribution in [-0.2, 0) is 14.8 Å². The Hall–Kier alpha value is -4.11. The van der Waals surface area contributed by atoms with Crippen LogP contribution in [0.15, 0.2) is 83.9 Å². The van der Waals surface area contributed by atoms with E-state index in [2.05, 4.69) is 0 Å². The molecule has 0 fully saturated rings. The van der Waals surface area contributed by atoms with Gasteiger partial charge in [0.25, 0.3) is 15.9 Å². The fraction of sp³-hybridized carbons (Fsp3) is 0.154. The number of benzene rings is 3. The molecule has 4 aromatic rings. The summed E-state index contributed by atoms with van der Waals surface area (Å²) in [5.74, 6) is -0.612. The summed E-state index contributed by atoms with van der Waals surface area (Å²) in [5, 5.41) is 0.535. The van der Waals surface area contributed by atoms with Crippen LogP contribution >= 0.6 is 0 Å². The molecule has 180 valence electrons.